The van der Waals surface area contributed by atoms with Crippen molar-refractivity contribution in [1.29, 1.82) is 0 Å². The molecule has 0 radical (unpaired) electrons. The minimum Gasteiger partial charge on any atom is -0.378 e. The molecule has 146 valence electrons. The van der Waals surface area contributed by atoms with Crippen molar-refractivity contribution >= 4 is 15.7 Å². The fourth-order valence-electron chi connectivity index (χ4n) is 3.35. The Bertz CT molecular complexity index is 1080. The molecule has 28 heavy (non-hydrogen) atoms. The van der Waals surface area contributed by atoms with Gasteiger partial charge in [0.25, 0.3) is 0 Å². The minimum absolute atomic E-state index is 0.0644. The first-order valence-corrected chi connectivity index (χ1v) is 10.6. The molecule has 3 aromatic rings. The van der Waals surface area contributed by atoms with E-state index in [9.17, 15) is 8.42 Å². The first kappa shape index (κ1) is 18.7. The first-order valence-electron chi connectivity index (χ1n) is 9.04. The number of nitrogens with two attached hydrogens (primary N) is 1. The first-order chi connectivity index (χ1) is 13.4. The highest BCUT2D eigenvalue weighted by Gasteiger charge is 2.14. The van der Waals surface area contributed by atoms with E-state index >= 15 is 0 Å². The molecule has 0 spiro atoms. The van der Waals surface area contributed by atoms with Gasteiger partial charge in [-0.05, 0) is 42.8 Å². The van der Waals surface area contributed by atoms with Crippen LogP contribution in [0.4, 0.5) is 5.69 Å². The van der Waals surface area contributed by atoms with Gasteiger partial charge in [0.05, 0.1) is 29.5 Å². The van der Waals surface area contributed by atoms with Crippen LogP contribution in [0, 0.1) is 6.92 Å². The number of aryl methyl sites for hydroxylation is 1. The van der Waals surface area contributed by atoms with Crippen molar-refractivity contribution in [1.82, 2.24) is 9.78 Å². The fraction of sp³-hybridized carbons (Fsp3) is 0.250. The van der Waals surface area contributed by atoms with E-state index in [0.29, 0.717) is 5.69 Å². The Morgan fingerprint density at radius 1 is 1.04 bits per heavy atom. The maximum absolute atomic E-state index is 11.6. The molecule has 0 bridgehead atoms. The van der Waals surface area contributed by atoms with E-state index < -0.39 is 10.0 Å². The van der Waals surface area contributed by atoms with Crippen LogP contribution >= 0.6 is 0 Å². The van der Waals surface area contributed by atoms with Crippen molar-refractivity contribution in [2.24, 2.45) is 5.14 Å². The molecule has 2 N–H and O–H groups in total. The lowest BCUT2D eigenvalue weighted by atomic mass is 10.1. The Balaban J connectivity index is 1.63. The van der Waals surface area contributed by atoms with E-state index in [1.165, 1.54) is 17.8 Å². The van der Waals surface area contributed by atoms with Crippen LogP contribution in [0.15, 0.2) is 59.6 Å². The lowest BCUT2D eigenvalue weighted by Crippen LogP contribution is -2.36. The van der Waals surface area contributed by atoms with Gasteiger partial charge in [0.15, 0.2) is 0 Å². The lowest BCUT2D eigenvalue weighted by molar-refractivity contribution is 0.122. The molecular weight excluding hydrogens is 376 g/mol. The number of aromatic nitrogens is 2. The molecule has 2 heterocycles. The van der Waals surface area contributed by atoms with Gasteiger partial charge >= 0.3 is 0 Å². The molecule has 1 aromatic heterocycles. The smallest absolute Gasteiger partial charge is 0.238 e. The van der Waals surface area contributed by atoms with Crippen molar-refractivity contribution in [3.8, 4) is 16.8 Å². The summed E-state index contributed by atoms with van der Waals surface area (Å²) in [5.74, 6) is 0. The van der Waals surface area contributed by atoms with Crippen molar-refractivity contribution in [2.45, 2.75) is 11.8 Å². The van der Waals surface area contributed by atoms with Crippen LogP contribution in [0.3, 0.4) is 0 Å². The summed E-state index contributed by atoms with van der Waals surface area (Å²) in [6.07, 6.45) is 1.90. The molecule has 0 amide bonds. The average molecular weight is 398 g/mol. The Hall–Kier alpha value is -2.68. The van der Waals surface area contributed by atoms with Crippen LogP contribution in [0.5, 0.6) is 0 Å². The number of nitrogens with zero attached hydrogens (tertiary/aromatic N) is 3. The number of anilines is 1. The van der Waals surface area contributed by atoms with E-state index in [0.717, 1.165) is 43.1 Å². The van der Waals surface area contributed by atoms with Crippen LogP contribution in [0.1, 0.15) is 5.69 Å². The third kappa shape index (κ3) is 3.80. The van der Waals surface area contributed by atoms with E-state index in [1.54, 1.807) is 16.8 Å². The van der Waals surface area contributed by atoms with Crippen LogP contribution in [-0.2, 0) is 14.8 Å². The molecule has 1 saturated heterocycles. The van der Waals surface area contributed by atoms with Gasteiger partial charge in [-0.3, -0.25) is 0 Å². The SMILES string of the molecule is Cc1nn(-c2cccc(S(N)(=O)=O)c2)cc1-c1ccc(N2CCOCC2)cc1. The third-order valence-electron chi connectivity index (χ3n) is 4.86. The van der Waals surface area contributed by atoms with Crippen LogP contribution in [-0.4, -0.2) is 44.5 Å². The van der Waals surface area contributed by atoms with Crippen LogP contribution in [0.25, 0.3) is 16.8 Å². The van der Waals surface area contributed by atoms with Crippen molar-refractivity contribution in [3.63, 3.8) is 0 Å². The van der Waals surface area contributed by atoms with Gasteiger partial charge in [0.1, 0.15) is 0 Å². The normalized spacial score (nSPS) is 15.0. The van der Waals surface area contributed by atoms with Gasteiger partial charge in [-0.15, -0.1) is 0 Å². The van der Waals surface area contributed by atoms with E-state index in [-0.39, 0.29) is 4.90 Å². The van der Waals surface area contributed by atoms with Crippen LogP contribution in [0.2, 0.25) is 0 Å². The van der Waals surface area contributed by atoms with Gasteiger partial charge < -0.3 is 9.64 Å². The standard InChI is InChI=1S/C20H22N4O3S/c1-15-20(16-5-7-17(8-6-16)23-9-11-27-12-10-23)14-24(22-15)18-3-2-4-19(13-18)28(21,25)26/h2-8,13-14H,9-12H2,1H3,(H2,21,25,26). The van der Waals surface area contributed by atoms with Crippen molar-refractivity contribution < 1.29 is 13.2 Å². The summed E-state index contributed by atoms with van der Waals surface area (Å²) in [7, 11) is -3.76. The monoisotopic (exact) mass is 398 g/mol. The summed E-state index contributed by atoms with van der Waals surface area (Å²) in [5.41, 5.74) is 4.74. The molecule has 1 aliphatic heterocycles. The molecule has 1 fully saturated rings. The predicted molar refractivity (Wildman–Crippen MR) is 108 cm³/mol. The predicted octanol–water partition coefficient (Wildman–Crippen LogP) is 2.33. The number of primary sulfonamides is 1. The second kappa shape index (κ2) is 7.38. The van der Waals surface area contributed by atoms with E-state index in [4.69, 9.17) is 9.88 Å². The number of hydrogen-bond donors (Lipinski definition) is 1. The highest BCUT2D eigenvalue weighted by Crippen LogP contribution is 2.27. The zero-order valence-corrected chi connectivity index (χ0v) is 16.4. The number of ether oxygens (including phenoxy) is 1. The molecule has 0 atom stereocenters. The quantitative estimate of drug-likeness (QED) is 0.728. The summed E-state index contributed by atoms with van der Waals surface area (Å²) in [6.45, 7) is 5.25. The van der Waals surface area contributed by atoms with Gasteiger partial charge in [-0.2, -0.15) is 5.10 Å². The van der Waals surface area contributed by atoms with E-state index in [1.807, 2.05) is 13.1 Å². The molecular formula is C20H22N4O3S. The molecule has 7 nitrogen and oxygen atoms in total. The van der Waals surface area contributed by atoms with Gasteiger partial charge in [-0.1, -0.05) is 18.2 Å². The van der Waals surface area contributed by atoms with Gasteiger partial charge in [0.2, 0.25) is 10.0 Å². The molecule has 0 saturated carbocycles. The van der Waals surface area contributed by atoms with Crippen molar-refractivity contribution in [3.05, 3.63) is 60.4 Å². The Morgan fingerprint density at radius 2 is 1.75 bits per heavy atom. The molecule has 0 aliphatic carbocycles. The molecule has 4 rings (SSSR count). The second-order valence-corrected chi connectivity index (χ2v) is 8.32. The molecule has 2 aromatic carbocycles. The zero-order chi connectivity index (χ0) is 19.7. The number of rotatable bonds is 4. The summed E-state index contributed by atoms with van der Waals surface area (Å²) in [4.78, 5) is 2.37. The highest BCUT2D eigenvalue weighted by atomic mass is 32.2. The Labute approximate surface area is 164 Å². The van der Waals surface area contributed by atoms with Gasteiger partial charge in [0, 0.05) is 30.5 Å². The summed E-state index contributed by atoms with van der Waals surface area (Å²) >= 11 is 0. The Kier molecular flexibility index (Phi) is 4.92. The maximum atomic E-state index is 11.6. The topological polar surface area (TPSA) is 90.5 Å². The fourth-order valence-corrected chi connectivity index (χ4v) is 3.91. The molecule has 8 heteroatoms. The third-order valence-corrected chi connectivity index (χ3v) is 5.78. The second-order valence-electron chi connectivity index (χ2n) is 6.76. The maximum Gasteiger partial charge on any atom is 0.238 e. The molecule has 1 aliphatic rings. The van der Waals surface area contributed by atoms with E-state index in [2.05, 4.69) is 34.3 Å². The number of sulfonamides is 1. The summed E-state index contributed by atoms with van der Waals surface area (Å²) < 4.78 is 30.3. The van der Waals surface area contributed by atoms with Crippen molar-refractivity contribution in [2.75, 3.05) is 31.2 Å². The van der Waals surface area contributed by atoms with Gasteiger partial charge in [-0.25, -0.2) is 18.2 Å². The minimum atomic E-state index is -3.76. The summed E-state index contributed by atoms with van der Waals surface area (Å²) in [5, 5.41) is 9.78. The summed E-state index contributed by atoms with van der Waals surface area (Å²) in [6, 6.07) is 14.8. The lowest BCUT2D eigenvalue weighted by Gasteiger charge is -2.28. The highest BCUT2D eigenvalue weighted by molar-refractivity contribution is 7.89. The molecule has 0 unspecified atom stereocenters. The average Bonchev–Trinajstić information content (AvgIpc) is 3.10. The number of hydrogen-bond acceptors (Lipinski definition) is 5. The number of morpholine rings is 1. The largest absolute Gasteiger partial charge is 0.378 e. The number of benzene rings is 2. The Morgan fingerprint density at radius 3 is 2.43 bits per heavy atom. The zero-order valence-electron chi connectivity index (χ0n) is 15.6. The van der Waals surface area contributed by atoms with Crippen LogP contribution < -0.4 is 10.0 Å².